The number of urea groups is 1. The number of fused-ring (bicyclic) bond motifs is 1. The van der Waals surface area contributed by atoms with Crippen LogP contribution >= 0.6 is 23.1 Å². The lowest BCUT2D eigenvalue weighted by Crippen LogP contribution is -2.48. The average molecular weight is 422 g/mol. The van der Waals surface area contributed by atoms with Crippen molar-refractivity contribution in [3.05, 3.63) is 18.2 Å². The zero-order valence-corrected chi connectivity index (χ0v) is 17.0. The van der Waals surface area contributed by atoms with Crippen molar-refractivity contribution in [2.45, 2.75) is 16.8 Å². The second-order valence-electron chi connectivity index (χ2n) is 6.75. The number of anilines is 1. The van der Waals surface area contributed by atoms with Crippen LogP contribution in [0.3, 0.4) is 0 Å². The van der Waals surface area contributed by atoms with Crippen LogP contribution in [0, 0.1) is 0 Å². The third-order valence-electron chi connectivity index (χ3n) is 4.65. The first kappa shape index (κ1) is 19.4. The van der Waals surface area contributed by atoms with Crippen molar-refractivity contribution in [3.8, 4) is 0 Å². The summed E-state index contributed by atoms with van der Waals surface area (Å²) < 4.78 is 7.11. The van der Waals surface area contributed by atoms with Gasteiger partial charge in [-0.25, -0.2) is 9.78 Å². The highest BCUT2D eigenvalue weighted by molar-refractivity contribution is 8.01. The maximum absolute atomic E-state index is 12.3. The summed E-state index contributed by atoms with van der Waals surface area (Å²) in [6.07, 6.45) is 0.875. The number of carbonyl (C=O) groups is 2. The van der Waals surface area contributed by atoms with Crippen LogP contribution in [-0.4, -0.2) is 73.0 Å². The number of ether oxygens (including phenoxy) is 1. The van der Waals surface area contributed by atoms with Crippen molar-refractivity contribution in [2.24, 2.45) is 0 Å². The van der Waals surface area contributed by atoms with Crippen molar-refractivity contribution in [3.63, 3.8) is 0 Å². The fourth-order valence-corrected chi connectivity index (χ4v) is 5.08. The molecule has 0 bridgehead atoms. The van der Waals surface area contributed by atoms with Crippen LogP contribution in [0.25, 0.3) is 10.2 Å². The molecule has 3 heterocycles. The summed E-state index contributed by atoms with van der Waals surface area (Å²) in [7, 11) is 0. The number of nitrogens with zero attached hydrogens (tertiary/aromatic N) is 2. The van der Waals surface area contributed by atoms with E-state index in [-0.39, 0.29) is 18.0 Å². The van der Waals surface area contributed by atoms with Gasteiger partial charge in [-0.15, -0.1) is 11.3 Å². The Labute approximate surface area is 171 Å². The Balaban J connectivity index is 1.33. The molecule has 0 spiro atoms. The fourth-order valence-electron chi connectivity index (χ4n) is 3.16. The highest BCUT2D eigenvalue weighted by Gasteiger charge is 2.19. The summed E-state index contributed by atoms with van der Waals surface area (Å²) in [5.74, 6) is 0.340. The number of aromatic nitrogens is 1. The molecule has 3 amide bonds. The number of hydrogen-bond donors (Lipinski definition) is 3. The fraction of sp³-hybridized carbons (Fsp3) is 0.500. The van der Waals surface area contributed by atoms with Gasteiger partial charge in [0, 0.05) is 38.5 Å². The summed E-state index contributed by atoms with van der Waals surface area (Å²) in [6.45, 7) is 4.38. The largest absolute Gasteiger partial charge is 0.379 e. The van der Waals surface area contributed by atoms with Gasteiger partial charge in [0.2, 0.25) is 5.91 Å². The van der Waals surface area contributed by atoms with Gasteiger partial charge in [-0.2, -0.15) is 0 Å². The predicted octanol–water partition coefficient (Wildman–Crippen LogP) is 1.73. The van der Waals surface area contributed by atoms with Crippen molar-refractivity contribution in [1.29, 1.82) is 0 Å². The molecule has 0 radical (unpaired) electrons. The number of hydrogen-bond acceptors (Lipinski definition) is 7. The molecule has 2 saturated heterocycles. The van der Waals surface area contributed by atoms with Crippen molar-refractivity contribution in [1.82, 2.24) is 20.5 Å². The third kappa shape index (κ3) is 4.93. The zero-order chi connectivity index (χ0) is 19.3. The van der Waals surface area contributed by atoms with E-state index in [1.165, 1.54) is 23.1 Å². The number of thiazole rings is 1. The molecule has 2 aromatic rings. The zero-order valence-electron chi connectivity index (χ0n) is 15.4. The quantitative estimate of drug-likeness (QED) is 0.637. The molecule has 1 aromatic heterocycles. The van der Waals surface area contributed by atoms with E-state index < -0.39 is 0 Å². The van der Waals surface area contributed by atoms with E-state index in [0.29, 0.717) is 32.1 Å². The van der Waals surface area contributed by atoms with Crippen molar-refractivity contribution >= 4 is 50.9 Å². The Morgan fingerprint density at radius 3 is 3.00 bits per heavy atom. The summed E-state index contributed by atoms with van der Waals surface area (Å²) in [4.78, 5) is 30.8. The first-order valence-electron chi connectivity index (χ1n) is 9.34. The van der Waals surface area contributed by atoms with Gasteiger partial charge in [0.05, 0.1) is 28.6 Å². The Bertz CT molecular complexity index is 847. The molecular weight excluding hydrogens is 398 g/mol. The molecule has 3 N–H and O–H groups in total. The summed E-state index contributed by atoms with van der Waals surface area (Å²) in [5.41, 5.74) is 1.63. The number of thioether (sulfide) groups is 1. The molecule has 150 valence electrons. The molecule has 2 aliphatic heterocycles. The molecular formula is C18H23N5O3S2. The van der Waals surface area contributed by atoms with E-state index in [1.54, 1.807) is 0 Å². The van der Waals surface area contributed by atoms with Gasteiger partial charge >= 0.3 is 6.03 Å². The molecule has 2 aliphatic rings. The van der Waals surface area contributed by atoms with Crippen LogP contribution in [0.1, 0.15) is 6.42 Å². The molecule has 28 heavy (non-hydrogen) atoms. The minimum atomic E-state index is -0.0764. The molecule has 1 unspecified atom stereocenters. The van der Waals surface area contributed by atoms with Crippen molar-refractivity contribution in [2.75, 3.05) is 50.5 Å². The van der Waals surface area contributed by atoms with E-state index in [0.717, 1.165) is 39.8 Å². The van der Waals surface area contributed by atoms with Gasteiger partial charge in [0.15, 0.2) is 4.34 Å². The lowest BCUT2D eigenvalue weighted by atomic mass is 10.3. The molecule has 8 nitrogen and oxygen atoms in total. The molecule has 1 atom stereocenters. The minimum Gasteiger partial charge on any atom is -0.379 e. The van der Waals surface area contributed by atoms with E-state index in [4.69, 9.17) is 4.74 Å². The second kappa shape index (κ2) is 9.08. The van der Waals surface area contributed by atoms with Gasteiger partial charge in [-0.1, -0.05) is 11.8 Å². The minimum absolute atomic E-state index is 0.00345. The normalized spacial score (nSPS) is 19.7. The molecule has 4 rings (SSSR count). The van der Waals surface area contributed by atoms with Gasteiger partial charge in [-0.3, -0.25) is 4.79 Å². The highest BCUT2D eigenvalue weighted by atomic mass is 32.2. The molecule has 0 saturated carbocycles. The Kier molecular flexibility index (Phi) is 6.30. The number of amides is 3. The third-order valence-corrected chi connectivity index (χ3v) is 6.81. The van der Waals surface area contributed by atoms with Crippen LogP contribution in [0.2, 0.25) is 0 Å². The van der Waals surface area contributed by atoms with E-state index in [1.807, 2.05) is 23.1 Å². The van der Waals surface area contributed by atoms with Crippen LogP contribution < -0.4 is 16.0 Å². The molecule has 1 aromatic carbocycles. The lowest BCUT2D eigenvalue weighted by Gasteiger charge is -2.27. The SMILES string of the molecule is O=C(CSc1nc2ccc(NC(=O)N3CCNCC3)cc2s1)NC1CCOC1. The van der Waals surface area contributed by atoms with Gasteiger partial charge in [0.1, 0.15) is 0 Å². The molecule has 0 aliphatic carbocycles. The Morgan fingerprint density at radius 2 is 2.21 bits per heavy atom. The summed E-state index contributed by atoms with van der Waals surface area (Å²) >= 11 is 2.96. The van der Waals surface area contributed by atoms with E-state index in [9.17, 15) is 9.59 Å². The summed E-state index contributed by atoms with van der Waals surface area (Å²) in [6, 6.07) is 5.76. The standard InChI is InChI=1S/C18H23N5O3S2/c24-16(20-13-3-8-26-10-13)11-27-18-22-14-2-1-12(9-15(14)28-18)21-17(25)23-6-4-19-5-7-23/h1-2,9,13,19H,3-8,10-11H2,(H,20,24)(H,21,25). The van der Waals surface area contributed by atoms with Gasteiger partial charge in [-0.05, 0) is 24.6 Å². The van der Waals surface area contributed by atoms with Crippen molar-refractivity contribution < 1.29 is 14.3 Å². The number of nitrogens with one attached hydrogen (secondary N) is 3. The number of benzene rings is 1. The maximum atomic E-state index is 12.3. The van der Waals surface area contributed by atoms with E-state index in [2.05, 4.69) is 20.9 Å². The highest BCUT2D eigenvalue weighted by Crippen LogP contribution is 2.31. The smallest absolute Gasteiger partial charge is 0.321 e. The first-order valence-corrected chi connectivity index (χ1v) is 11.1. The molecule has 10 heteroatoms. The van der Waals surface area contributed by atoms with E-state index >= 15 is 0 Å². The number of carbonyl (C=O) groups excluding carboxylic acids is 2. The maximum Gasteiger partial charge on any atom is 0.321 e. The summed E-state index contributed by atoms with van der Waals surface area (Å²) in [5, 5.41) is 9.17. The monoisotopic (exact) mass is 421 g/mol. The Morgan fingerprint density at radius 1 is 1.36 bits per heavy atom. The average Bonchev–Trinajstić information content (AvgIpc) is 3.36. The van der Waals surface area contributed by atoms with Crippen LogP contribution in [0.4, 0.5) is 10.5 Å². The number of rotatable bonds is 5. The van der Waals surface area contributed by atoms with Crippen LogP contribution in [-0.2, 0) is 9.53 Å². The van der Waals surface area contributed by atoms with Crippen LogP contribution in [0.15, 0.2) is 22.5 Å². The first-order chi connectivity index (χ1) is 13.7. The lowest BCUT2D eigenvalue weighted by molar-refractivity contribution is -0.119. The Hall–Kier alpha value is -1.88. The second-order valence-corrected chi connectivity index (χ2v) is 9.00. The topological polar surface area (TPSA) is 95.6 Å². The van der Waals surface area contributed by atoms with Gasteiger partial charge < -0.3 is 25.6 Å². The molecule has 2 fully saturated rings. The van der Waals surface area contributed by atoms with Crippen LogP contribution in [0.5, 0.6) is 0 Å². The number of piperazine rings is 1. The predicted molar refractivity (Wildman–Crippen MR) is 111 cm³/mol. The van der Waals surface area contributed by atoms with Gasteiger partial charge in [0.25, 0.3) is 0 Å².